The molecule has 2 aromatic carbocycles. The lowest BCUT2D eigenvalue weighted by atomic mass is 10.2. The molecule has 20 heavy (non-hydrogen) atoms. The van der Waals surface area contributed by atoms with Crippen molar-refractivity contribution in [2.75, 3.05) is 11.9 Å². The third-order valence-electron chi connectivity index (χ3n) is 3.59. The van der Waals surface area contributed by atoms with Gasteiger partial charge in [0.1, 0.15) is 5.01 Å². The Morgan fingerprint density at radius 3 is 2.35 bits per heavy atom. The Bertz CT molecular complexity index is 680. The summed E-state index contributed by atoms with van der Waals surface area (Å²) < 4.78 is 1.24. The van der Waals surface area contributed by atoms with Crippen LogP contribution in [0.5, 0.6) is 0 Å². The van der Waals surface area contributed by atoms with Gasteiger partial charge in [0.15, 0.2) is 0 Å². The van der Waals surface area contributed by atoms with E-state index in [1.807, 2.05) is 6.07 Å². The van der Waals surface area contributed by atoms with Gasteiger partial charge in [-0.15, -0.1) is 11.3 Å². The molecule has 3 rings (SSSR count). The van der Waals surface area contributed by atoms with Gasteiger partial charge in [-0.3, -0.25) is 0 Å². The summed E-state index contributed by atoms with van der Waals surface area (Å²) in [6, 6.07) is 17.4. The normalized spacial score (nSPS) is 11.2. The van der Waals surface area contributed by atoms with Gasteiger partial charge in [-0.05, 0) is 50.2 Å². The van der Waals surface area contributed by atoms with E-state index in [9.17, 15) is 0 Å². The summed E-state index contributed by atoms with van der Waals surface area (Å²) in [4.78, 5) is 6.96. The second-order valence-electron chi connectivity index (χ2n) is 5.24. The Balaban J connectivity index is 1.94. The average Bonchev–Trinajstić information content (AvgIpc) is 2.90. The highest BCUT2D eigenvalue weighted by atomic mass is 32.1. The predicted octanol–water partition coefficient (Wildman–Crippen LogP) is 4.81. The number of nitrogens with zero attached hydrogens (tertiary/aromatic N) is 2. The van der Waals surface area contributed by atoms with Gasteiger partial charge in [0.25, 0.3) is 0 Å². The van der Waals surface area contributed by atoms with Crippen molar-refractivity contribution >= 4 is 27.2 Å². The van der Waals surface area contributed by atoms with Crippen molar-refractivity contribution in [1.29, 1.82) is 0 Å². The SMILES string of the molecule is CC(C)N(C)c1ccc(-c2nc3ccccc3s2)cc1. The Hall–Kier alpha value is -1.87. The van der Waals surface area contributed by atoms with Crippen molar-refractivity contribution in [2.24, 2.45) is 0 Å². The van der Waals surface area contributed by atoms with Crippen LogP contribution in [0.25, 0.3) is 20.8 Å². The van der Waals surface area contributed by atoms with Crippen molar-refractivity contribution in [2.45, 2.75) is 19.9 Å². The molecule has 0 unspecified atom stereocenters. The number of benzene rings is 2. The molecule has 0 aliphatic heterocycles. The first kappa shape index (κ1) is 13.1. The molecule has 0 saturated carbocycles. The molecule has 3 heteroatoms. The minimum Gasteiger partial charge on any atom is -0.372 e. The predicted molar refractivity (Wildman–Crippen MR) is 88.6 cm³/mol. The lowest BCUT2D eigenvalue weighted by molar-refractivity contribution is 0.755. The second kappa shape index (κ2) is 5.25. The minimum atomic E-state index is 0.503. The van der Waals surface area contributed by atoms with Crippen molar-refractivity contribution < 1.29 is 0 Å². The van der Waals surface area contributed by atoms with Gasteiger partial charge in [0, 0.05) is 24.3 Å². The fraction of sp³-hybridized carbons (Fsp3) is 0.235. The van der Waals surface area contributed by atoms with Crippen LogP contribution in [0, 0.1) is 0 Å². The van der Waals surface area contributed by atoms with Crippen molar-refractivity contribution in [3.8, 4) is 10.6 Å². The van der Waals surface area contributed by atoms with Gasteiger partial charge in [0.05, 0.1) is 10.2 Å². The number of rotatable bonds is 3. The van der Waals surface area contributed by atoms with Crippen LogP contribution in [-0.2, 0) is 0 Å². The lowest BCUT2D eigenvalue weighted by Crippen LogP contribution is -2.25. The van der Waals surface area contributed by atoms with Gasteiger partial charge in [0.2, 0.25) is 0 Å². The van der Waals surface area contributed by atoms with Crippen LogP contribution in [0.4, 0.5) is 5.69 Å². The van der Waals surface area contributed by atoms with E-state index in [-0.39, 0.29) is 0 Å². The maximum atomic E-state index is 4.70. The number of anilines is 1. The fourth-order valence-electron chi connectivity index (χ4n) is 2.13. The van der Waals surface area contributed by atoms with Gasteiger partial charge < -0.3 is 4.90 Å². The van der Waals surface area contributed by atoms with Gasteiger partial charge >= 0.3 is 0 Å². The molecule has 1 aromatic heterocycles. The van der Waals surface area contributed by atoms with Crippen LogP contribution < -0.4 is 4.90 Å². The second-order valence-corrected chi connectivity index (χ2v) is 6.27. The summed E-state index contributed by atoms with van der Waals surface area (Å²) in [7, 11) is 2.12. The van der Waals surface area contributed by atoms with Crippen LogP contribution in [-0.4, -0.2) is 18.1 Å². The molecule has 102 valence electrons. The number of aromatic nitrogens is 1. The van der Waals surface area contributed by atoms with Gasteiger partial charge in [-0.1, -0.05) is 12.1 Å². The minimum absolute atomic E-state index is 0.503. The van der Waals surface area contributed by atoms with Crippen molar-refractivity contribution in [3.05, 3.63) is 48.5 Å². The van der Waals surface area contributed by atoms with Crippen LogP contribution in [0.15, 0.2) is 48.5 Å². The molecule has 0 aliphatic rings. The fourth-order valence-corrected chi connectivity index (χ4v) is 3.10. The van der Waals surface area contributed by atoms with E-state index in [0.717, 1.165) is 10.5 Å². The first-order chi connectivity index (χ1) is 9.65. The standard InChI is InChI=1S/C17H18N2S/c1-12(2)19(3)14-10-8-13(9-11-14)17-18-15-6-4-5-7-16(15)20-17/h4-12H,1-3H3. The third-order valence-corrected chi connectivity index (χ3v) is 4.68. The summed E-state index contributed by atoms with van der Waals surface area (Å²) in [6.07, 6.45) is 0. The van der Waals surface area contributed by atoms with E-state index in [4.69, 9.17) is 4.98 Å². The van der Waals surface area contributed by atoms with E-state index in [0.29, 0.717) is 6.04 Å². The molecule has 0 atom stereocenters. The van der Waals surface area contributed by atoms with E-state index in [2.05, 4.69) is 68.3 Å². The molecule has 3 aromatic rings. The van der Waals surface area contributed by atoms with Crippen LogP contribution in [0.3, 0.4) is 0 Å². The molecule has 0 spiro atoms. The Morgan fingerprint density at radius 2 is 1.70 bits per heavy atom. The molecular formula is C17H18N2S. The van der Waals surface area contributed by atoms with E-state index < -0.39 is 0 Å². The quantitative estimate of drug-likeness (QED) is 0.685. The first-order valence-electron chi connectivity index (χ1n) is 6.84. The topological polar surface area (TPSA) is 16.1 Å². The summed E-state index contributed by atoms with van der Waals surface area (Å²) in [5, 5.41) is 1.09. The highest BCUT2D eigenvalue weighted by Crippen LogP contribution is 2.31. The summed E-state index contributed by atoms with van der Waals surface area (Å²) >= 11 is 1.75. The summed E-state index contributed by atoms with van der Waals surface area (Å²) in [6.45, 7) is 4.39. The number of hydrogen-bond donors (Lipinski definition) is 0. The van der Waals surface area contributed by atoms with Crippen LogP contribution in [0.1, 0.15) is 13.8 Å². The van der Waals surface area contributed by atoms with E-state index in [1.165, 1.54) is 16.0 Å². The zero-order valence-electron chi connectivity index (χ0n) is 12.0. The molecule has 2 nitrogen and oxygen atoms in total. The van der Waals surface area contributed by atoms with Gasteiger partial charge in [-0.2, -0.15) is 0 Å². The maximum Gasteiger partial charge on any atom is 0.124 e. The zero-order chi connectivity index (χ0) is 14.1. The highest BCUT2D eigenvalue weighted by molar-refractivity contribution is 7.21. The molecular weight excluding hydrogens is 264 g/mol. The molecule has 0 aliphatic carbocycles. The monoisotopic (exact) mass is 282 g/mol. The number of para-hydroxylation sites is 1. The maximum absolute atomic E-state index is 4.70. The number of fused-ring (bicyclic) bond motifs is 1. The highest BCUT2D eigenvalue weighted by Gasteiger charge is 2.08. The number of thiazole rings is 1. The Kier molecular flexibility index (Phi) is 3.45. The first-order valence-corrected chi connectivity index (χ1v) is 7.65. The summed E-state index contributed by atoms with van der Waals surface area (Å²) in [5.74, 6) is 0. The number of hydrogen-bond acceptors (Lipinski definition) is 3. The van der Waals surface area contributed by atoms with Gasteiger partial charge in [-0.25, -0.2) is 4.98 Å². The third kappa shape index (κ3) is 2.41. The smallest absolute Gasteiger partial charge is 0.124 e. The lowest BCUT2D eigenvalue weighted by Gasteiger charge is -2.23. The van der Waals surface area contributed by atoms with Crippen molar-refractivity contribution in [3.63, 3.8) is 0 Å². The molecule has 0 radical (unpaired) electrons. The molecule has 1 heterocycles. The summed E-state index contributed by atoms with van der Waals surface area (Å²) in [5.41, 5.74) is 3.51. The Morgan fingerprint density at radius 1 is 1.00 bits per heavy atom. The molecule has 0 fully saturated rings. The molecule has 0 saturated heterocycles. The Labute approximate surface area is 123 Å². The van der Waals surface area contributed by atoms with E-state index >= 15 is 0 Å². The zero-order valence-corrected chi connectivity index (χ0v) is 12.8. The average molecular weight is 282 g/mol. The van der Waals surface area contributed by atoms with E-state index in [1.54, 1.807) is 11.3 Å². The van der Waals surface area contributed by atoms with Crippen molar-refractivity contribution in [1.82, 2.24) is 4.98 Å². The molecule has 0 bridgehead atoms. The largest absolute Gasteiger partial charge is 0.372 e. The molecule has 0 N–H and O–H groups in total. The van der Waals surface area contributed by atoms with Crippen LogP contribution in [0.2, 0.25) is 0 Å². The molecule has 0 amide bonds. The van der Waals surface area contributed by atoms with Crippen LogP contribution >= 0.6 is 11.3 Å².